The van der Waals surface area contributed by atoms with E-state index in [9.17, 15) is 13.6 Å². The van der Waals surface area contributed by atoms with Crippen molar-refractivity contribution in [3.8, 4) is 0 Å². The van der Waals surface area contributed by atoms with Gasteiger partial charge in [0.2, 0.25) is 0 Å². The second-order valence-electron chi connectivity index (χ2n) is 5.12. The fraction of sp³-hybridized carbons (Fsp3) is 0. The van der Waals surface area contributed by atoms with Gasteiger partial charge in [-0.25, -0.2) is 13.8 Å². The minimum Gasteiger partial charge on any atom is -0.354 e. The minimum atomic E-state index is -0.943. The molecule has 0 aliphatic heterocycles. The number of aromatic nitrogens is 1. The van der Waals surface area contributed by atoms with E-state index < -0.39 is 11.6 Å². The molecular weight excluding hydrogens is 348 g/mol. The summed E-state index contributed by atoms with van der Waals surface area (Å²) in [5.41, 5.74) is 1.28. The highest BCUT2D eigenvalue weighted by Gasteiger charge is 2.10. The molecule has 0 bridgehead atoms. The van der Waals surface area contributed by atoms with E-state index >= 15 is 0 Å². The zero-order chi connectivity index (χ0) is 17.8. The van der Waals surface area contributed by atoms with Crippen molar-refractivity contribution in [1.29, 1.82) is 0 Å². The highest BCUT2D eigenvalue weighted by Crippen LogP contribution is 2.20. The van der Waals surface area contributed by atoms with Crippen LogP contribution in [0.5, 0.6) is 0 Å². The van der Waals surface area contributed by atoms with Gasteiger partial charge >= 0.3 is 0 Å². The minimum absolute atomic E-state index is 0.334. The fourth-order valence-electron chi connectivity index (χ4n) is 2.11. The number of halogens is 3. The normalized spacial score (nSPS) is 10.4. The summed E-state index contributed by atoms with van der Waals surface area (Å²) in [5, 5.41) is 5.87. The molecule has 0 unspecified atom stereocenters. The molecule has 0 saturated carbocycles. The van der Waals surface area contributed by atoms with E-state index in [2.05, 4.69) is 15.6 Å². The number of carbonyl (C=O) groups excluding carboxylic acids is 1. The van der Waals surface area contributed by atoms with E-state index in [0.717, 1.165) is 12.1 Å². The monoisotopic (exact) mass is 359 g/mol. The molecular formula is C18H12ClF2N3O. The van der Waals surface area contributed by atoms with Crippen molar-refractivity contribution >= 4 is 34.7 Å². The summed E-state index contributed by atoms with van der Waals surface area (Å²) >= 11 is 5.98. The van der Waals surface area contributed by atoms with Gasteiger partial charge in [0.25, 0.3) is 5.91 Å². The van der Waals surface area contributed by atoms with Crippen molar-refractivity contribution in [2.24, 2.45) is 0 Å². The van der Waals surface area contributed by atoms with Gasteiger partial charge in [0.15, 0.2) is 11.6 Å². The number of rotatable bonds is 4. The number of pyridine rings is 1. The average molecular weight is 360 g/mol. The van der Waals surface area contributed by atoms with E-state index in [1.807, 2.05) is 0 Å². The standard InChI is InChI=1S/C18H12ClF2N3O/c19-14-4-2-1-3-13(14)18(25)24-17-8-6-12(10-22-17)23-11-5-7-15(20)16(21)9-11/h1-10,23H,(H,22,24,25). The Hall–Kier alpha value is -2.99. The van der Waals surface area contributed by atoms with Crippen molar-refractivity contribution in [3.05, 3.63) is 83.0 Å². The van der Waals surface area contributed by atoms with E-state index in [4.69, 9.17) is 11.6 Å². The third-order valence-electron chi connectivity index (χ3n) is 3.33. The Morgan fingerprint density at radius 3 is 2.40 bits per heavy atom. The van der Waals surface area contributed by atoms with Crippen LogP contribution in [0.25, 0.3) is 0 Å². The highest BCUT2D eigenvalue weighted by molar-refractivity contribution is 6.34. The quantitative estimate of drug-likeness (QED) is 0.688. The van der Waals surface area contributed by atoms with Gasteiger partial charge in [-0.15, -0.1) is 0 Å². The van der Waals surface area contributed by atoms with Crippen LogP contribution in [0, 0.1) is 11.6 Å². The van der Waals surface area contributed by atoms with Crippen LogP contribution in [0.4, 0.5) is 26.0 Å². The van der Waals surface area contributed by atoms with Crippen molar-refractivity contribution in [2.75, 3.05) is 10.6 Å². The van der Waals surface area contributed by atoms with E-state index in [0.29, 0.717) is 27.8 Å². The lowest BCUT2D eigenvalue weighted by molar-refractivity contribution is 0.102. The SMILES string of the molecule is O=C(Nc1ccc(Nc2ccc(F)c(F)c2)cn1)c1ccccc1Cl. The van der Waals surface area contributed by atoms with Gasteiger partial charge in [-0.05, 0) is 36.4 Å². The predicted molar refractivity (Wildman–Crippen MR) is 93.3 cm³/mol. The molecule has 2 N–H and O–H groups in total. The van der Waals surface area contributed by atoms with Gasteiger partial charge in [-0.2, -0.15) is 0 Å². The van der Waals surface area contributed by atoms with Crippen molar-refractivity contribution in [2.45, 2.75) is 0 Å². The molecule has 1 aromatic heterocycles. The summed E-state index contributed by atoms with van der Waals surface area (Å²) < 4.78 is 26.1. The topological polar surface area (TPSA) is 54.0 Å². The number of anilines is 3. The number of carbonyl (C=O) groups is 1. The molecule has 7 heteroatoms. The van der Waals surface area contributed by atoms with Gasteiger partial charge in [0, 0.05) is 11.8 Å². The Kier molecular flexibility index (Phi) is 4.90. The zero-order valence-corrected chi connectivity index (χ0v) is 13.5. The third-order valence-corrected chi connectivity index (χ3v) is 3.66. The Balaban J connectivity index is 1.69. The predicted octanol–water partition coefficient (Wildman–Crippen LogP) is 5.01. The first-order valence-electron chi connectivity index (χ1n) is 7.27. The van der Waals surface area contributed by atoms with Crippen molar-refractivity contribution in [3.63, 3.8) is 0 Å². The molecule has 25 heavy (non-hydrogen) atoms. The van der Waals surface area contributed by atoms with Crippen LogP contribution < -0.4 is 10.6 Å². The molecule has 0 aliphatic carbocycles. The van der Waals surface area contributed by atoms with Gasteiger partial charge in [0.05, 0.1) is 22.5 Å². The molecule has 0 fully saturated rings. The van der Waals surface area contributed by atoms with Crippen LogP contribution in [-0.4, -0.2) is 10.9 Å². The summed E-state index contributed by atoms with van der Waals surface area (Å²) in [4.78, 5) is 16.3. The summed E-state index contributed by atoms with van der Waals surface area (Å²) in [6, 6.07) is 13.4. The zero-order valence-electron chi connectivity index (χ0n) is 12.8. The molecule has 2 aromatic carbocycles. The first kappa shape index (κ1) is 16.9. The first-order chi connectivity index (χ1) is 12.0. The molecule has 0 aliphatic rings. The summed E-state index contributed by atoms with van der Waals surface area (Å²) in [7, 11) is 0. The van der Waals surface area contributed by atoms with Gasteiger partial charge < -0.3 is 10.6 Å². The number of hydrogen-bond donors (Lipinski definition) is 2. The lowest BCUT2D eigenvalue weighted by atomic mass is 10.2. The maximum atomic E-state index is 13.2. The lowest BCUT2D eigenvalue weighted by Crippen LogP contribution is -2.13. The summed E-state index contributed by atoms with van der Waals surface area (Å²) in [6.07, 6.45) is 1.46. The van der Waals surface area contributed by atoms with Crippen LogP contribution >= 0.6 is 11.6 Å². The summed E-state index contributed by atoms with van der Waals surface area (Å²) in [5.74, 6) is -1.90. The Labute approximate surface area is 147 Å². The molecule has 0 saturated heterocycles. The molecule has 1 heterocycles. The second-order valence-corrected chi connectivity index (χ2v) is 5.53. The first-order valence-corrected chi connectivity index (χ1v) is 7.65. The van der Waals surface area contributed by atoms with Crippen molar-refractivity contribution < 1.29 is 13.6 Å². The molecule has 3 aromatic rings. The molecule has 0 spiro atoms. The van der Waals surface area contributed by atoms with Crippen LogP contribution in [0.3, 0.4) is 0 Å². The Morgan fingerprint density at radius 1 is 0.960 bits per heavy atom. The number of amides is 1. The smallest absolute Gasteiger partial charge is 0.258 e. The number of nitrogens with zero attached hydrogens (tertiary/aromatic N) is 1. The van der Waals surface area contributed by atoms with Gasteiger partial charge in [-0.1, -0.05) is 23.7 Å². The molecule has 1 amide bonds. The lowest BCUT2D eigenvalue weighted by Gasteiger charge is -2.09. The molecule has 0 atom stereocenters. The number of hydrogen-bond acceptors (Lipinski definition) is 3. The fourth-order valence-corrected chi connectivity index (χ4v) is 2.33. The highest BCUT2D eigenvalue weighted by atomic mass is 35.5. The van der Waals surface area contributed by atoms with E-state index in [1.165, 1.54) is 12.3 Å². The second kappa shape index (κ2) is 7.27. The van der Waals surface area contributed by atoms with Crippen LogP contribution in [-0.2, 0) is 0 Å². The number of nitrogens with one attached hydrogen (secondary N) is 2. The molecule has 0 radical (unpaired) electrons. The largest absolute Gasteiger partial charge is 0.354 e. The summed E-state index contributed by atoms with van der Waals surface area (Å²) in [6.45, 7) is 0. The Bertz CT molecular complexity index is 916. The molecule has 3 rings (SSSR count). The van der Waals surface area contributed by atoms with E-state index in [-0.39, 0.29) is 5.91 Å². The van der Waals surface area contributed by atoms with E-state index in [1.54, 1.807) is 36.4 Å². The van der Waals surface area contributed by atoms with Gasteiger partial charge in [-0.3, -0.25) is 4.79 Å². The third kappa shape index (κ3) is 4.10. The van der Waals surface area contributed by atoms with Gasteiger partial charge in [0.1, 0.15) is 5.82 Å². The maximum Gasteiger partial charge on any atom is 0.258 e. The van der Waals surface area contributed by atoms with Crippen LogP contribution in [0.15, 0.2) is 60.8 Å². The average Bonchev–Trinajstić information content (AvgIpc) is 2.60. The van der Waals surface area contributed by atoms with Crippen LogP contribution in [0.1, 0.15) is 10.4 Å². The maximum absolute atomic E-state index is 13.2. The molecule has 126 valence electrons. The Morgan fingerprint density at radius 2 is 1.72 bits per heavy atom. The number of benzene rings is 2. The molecule has 4 nitrogen and oxygen atoms in total. The van der Waals surface area contributed by atoms with Crippen LogP contribution in [0.2, 0.25) is 5.02 Å². The van der Waals surface area contributed by atoms with Crippen molar-refractivity contribution in [1.82, 2.24) is 4.98 Å².